The van der Waals surface area contributed by atoms with E-state index in [0.717, 1.165) is 23.4 Å². The molecule has 0 bridgehead atoms. The Balaban J connectivity index is 1.96. The van der Waals surface area contributed by atoms with Crippen molar-refractivity contribution in [2.24, 2.45) is 0 Å². The number of benzene rings is 2. The van der Waals surface area contributed by atoms with Gasteiger partial charge in [0.15, 0.2) is 5.13 Å². The zero-order valence-electron chi connectivity index (χ0n) is 11.7. The molecular weight excluding hydrogens is 280 g/mol. The summed E-state index contributed by atoms with van der Waals surface area (Å²) in [6.07, 6.45) is 0.802. The summed E-state index contributed by atoms with van der Waals surface area (Å²) in [6.45, 7) is 0. The fraction of sp³-hybridized carbons (Fsp3) is 0.118. The number of nitrogens with two attached hydrogens (primary N) is 1. The average Bonchev–Trinajstić information content (AvgIpc) is 2.89. The monoisotopic (exact) mass is 296 g/mol. The van der Waals surface area contributed by atoms with Crippen LogP contribution in [0.4, 0.5) is 5.13 Å². The zero-order valence-corrected chi connectivity index (χ0v) is 12.6. The summed E-state index contributed by atoms with van der Waals surface area (Å²) >= 11 is 1.54. The summed E-state index contributed by atoms with van der Waals surface area (Å²) in [6, 6.07) is 18.2. The number of methoxy groups -OCH3 is 1. The first-order valence-electron chi connectivity index (χ1n) is 6.70. The van der Waals surface area contributed by atoms with Crippen molar-refractivity contribution in [2.45, 2.75) is 6.42 Å². The Morgan fingerprint density at radius 3 is 2.67 bits per heavy atom. The van der Waals surface area contributed by atoms with Gasteiger partial charge in [0.25, 0.3) is 0 Å². The van der Waals surface area contributed by atoms with E-state index in [1.807, 2.05) is 36.4 Å². The molecule has 2 N–H and O–H groups in total. The fourth-order valence-electron chi connectivity index (χ4n) is 2.28. The lowest BCUT2D eigenvalue weighted by molar-refractivity contribution is 0.414. The van der Waals surface area contributed by atoms with E-state index in [-0.39, 0.29) is 0 Å². The smallest absolute Gasteiger partial charge is 0.180 e. The second-order valence-corrected chi connectivity index (χ2v) is 5.83. The lowest BCUT2D eigenvalue weighted by Gasteiger charge is -2.05. The number of anilines is 1. The minimum Gasteiger partial charge on any atom is -0.497 e. The highest BCUT2D eigenvalue weighted by Gasteiger charge is 2.12. The van der Waals surface area contributed by atoms with E-state index in [2.05, 4.69) is 23.2 Å². The first kappa shape index (κ1) is 13.6. The van der Waals surface area contributed by atoms with Gasteiger partial charge in [0.2, 0.25) is 0 Å². The highest BCUT2D eigenvalue weighted by Crippen LogP contribution is 2.31. The van der Waals surface area contributed by atoms with Gasteiger partial charge in [-0.25, -0.2) is 4.98 Å². The molecule has 0 spiro atoms. The number of rotatable bonds is 4. The lowest BCUT2D eigenvalue weighted by Crippen LogP contribution is -1.90. The number of hydrogen-bond donors (Lipinski definition) is 1. The summed E-state index contributed by atoms with van der Waals surface area (Å²) in [5, 5.41) is 0.603. The van der Waals surface area contributed by atoms with E-state index in [4.69, 9.17) is 10.5 Å². The van der Waals surface area contributed by atoms with Crippen LogP contribution >= 0.6 is 11.3 Å². The number of hydrogen-bond acceptors (Lipinski definition) is 4. The summed E-state index contributed by atoms with van der Waals surface area (Å²) in [7, 11) is 1.68. The topological polar surface area (TPSA) is 48.1 Å². The van der Waals surface area contributed by atoms with Crippen LogP contribution in [0.3, 0.4) is 0 Å². The van der Waals surface area contributed by atoms with Crippen LogP contribution in [0.1, 0.15) is 10.4 Å². The zero-order chi connectivity index (χ0) is 14.7. The maximum Gasteiger partial charge on any atom is 0.180 e. The molecule has 0 aliphatic rings. The number of aromatic nitrogens is 1. The lowest BCUT2D eigenvalue weighted by atomic mass is 10.1. The van der Waals surface area contributed by atoms with Gasteiger partial charge in [-0.05, 0) is 17.7 Å². The molecule has 0 amide bonds. The number of nitrogens with zero attached hydrogens (tertiary/aromatic N) is 1. The Kier molecular flexibility index (Phi) is 3.88. The van der Waals surface area contributed by atoms with E-state index < -0.39 is 0 Å². The predicted octanol–water partition coefficient (Wildman–Crippen LogP) is 3.99. The van der Waals surface area contributed by atoms with Crippen molar-refractivity contribution in [3.8, 4) is 17.0 Å². The quantitative estimate of drug-likeness (QED) is 0.792. The third kappa shape index (κ3) is 3.06. The highest BCUT2D eigenvalue weighted by molar-refractivity contribution is 7.15. The average molecular weight is 296 g/mol. The summed E-state index contributed by atoms with van der Waals surface area (Å²) in [5.74, 6) is 0.867. The van der Waals surface area contributed by atoms with Crippen molar-refractivity contribution >= 4 is 16.5 Å². The molecule has 0 saturated heterocycles. The van der Waals surface area contributed by atoms with Gasteiger partial charge in [-0.1, -0.05) is 42.5 Å². The standard InChI is InChI=1S/C17H16N2OS/c1-20-14-9-5-6-12(10-14)11-15-16(19-17(18)21-15)13-7-3-2-4-8-13/h2-10H,11H2,1H3,(H2,18,19). The summed E-state index contributed by atoms with van der Waals surface area (Å²) < 4.78 is 5.28. The molecule has 3 rings (SSSR count). The van der Waals surface area contributed by atoms with Crippen LogP contribution < -0.4 is 10.5 Å². The Morgan fingerprint density at radius 1 is 1.10 bits per heavy atom. The Morgan fingerprint density at radius 2 is 1.90 bits per heavy atom. The molecule has 1 aromatic heterocycles. The van der Waals surface area contributed by atoms with Gasteiger partial charge >= 0.3 is 0 Å². The van der Waals surface area contributed by atoms with Crippen molar-refractivity contribution in [1.29, 1.82) is 0 Å². The molecule has 0 saturated carbocycles. The molecule has 106 valence electrons. The van der Waals surface area contributed by atoms with Crippen LogP contribution in [0.15, 0.2) is 54.6 Å². The van der Waals surface area contributed by atoms with Crippen LogP contribution in [-0.4, -0.2) is 12.1 Å². The molecule has 0 radical (unpaired) electrons. The molecule has 0 atom stereocenters. The molecule has 1 heterocycles. The van der Waals surface area contributed by atoms with Gasteiger partial charge in [-0.2, -0.15) is 0 Å². The highest BCUT2D eigenvalue weighted by atomic mass is 32.1. The maximum atomic E-state index is 5.91. The first-order valence-corrected chi connectivity index (χ1v) is 7.51. The molecule has 4 heteroatoms. The molecule has 0 aliphatic heterocycles. The van der Waals surface area contributed by atoms with Crippen LogP contribution in [0, 0.1) is 0 Å². The van der Waals surface area contributed by atoms with Crippen molar-refractivity contribution in [3.63, 3.8) is 0 Å². The SMILES string of the molecule is COc1cccc(Cc2sc(N)nc2-c2ccccc2)c1. The predicted molar refractivity (Wildman–Crippen MR) is 87.8 cm³/mol. The Hall–Kier alpha value is -2.33. The largest absolute Gasteiger partial charge is 0.497 e. The third-order valence-electron chi connectivity index (χ3n) is 3.26. The minimum absolute atomic E-state index is 0.603. The van der Waals surface area contributed by atoms with Gasteiger partial charge in [-0.3, -0.25) is 0 Å². The molecule has 3 aromatic rings. The van der Waals surface area contributed by atoms with E-state index in [0.29, 0.717) is 5.13 Å². The number of ether oxygens (including phenoxy) is 1. The molecule has 0 aliphatic carbocycles. The van der Waals surface area contributed by atoms with Gasteiger partial charge in [0.1, 0.15) is 5.75 Å². The van der Waals surface area contributed by atoms with E-state index in [9.17, 15) is 0 Å². The van der Waals surface area contributed by atoms with Crippen LogP contribution in [0.25, 0.3) is 11.3 Å². The van der Waals surface area contributed by atoms with Gasteiger partial charge < -0.3 is 10.5 Å². The second-order valence-electron chi connectivity index (χ2n) is 4.72. The van der Waals surface area contributed by atoms with Gasteiger partial charge in [0, 0.05) is 16.9 Å². The van der Waals surface area contributed by atoms with E-state index in [1.165, 1.54) is 10.4 Å². The summed E-state index contributed by atoms with van der Waals surface area (Å²) in [4.78, 5) is 5.66. The molecule has 2 aromatic carbocycles. The van der Waals surface area contributed by atoms with Crippen molar-refractivity contribution in [1.82, 2.24) is 4.98 Å². The van der Waals surface area contributed by atoms with Gasteiger partial charge in [0.05, 0.1) is 12.8 Å². The van der Waals surface area contributed by atoms with Gasteiger partial charge in [-0.15, -0.1) is 11.3 Å². The second kappa shape index (κ2) is 5.97. The summed E-state index contributed by atoms with van der Waals surface area (Å²) in [5.41, 5.74) is 9.17. The van der Waals surface area contributed by atoms with E-state index >= 15 is 0 Å². The van der Waals surface area contributed by atoms with Crippen LogP contribution in [0.5, 0.6) is 5.75 Å². The van der Waals surface area contributed by atoms with Crippen molar-refractivity contribution < 1.29 is 4.74 Å². The number of nitrogen functional groups attached to an aromatic ring is 1. The van der Waals surface area contributed by atoms with E-state index in [1.54, 1.807) is 18.4 Å². The Bertz CT molecular complexity index is 738. The normalized spacial score (nSPS) is 10.5. The Labute approximate surface area is 128 Å². The van der Waals surface area contributed by atoms with Crippen LogP contribution in [0.2, 0.25) is 0 Å². The third-order valence-corrected chi connectivity index (χ3v) is 4.14. The minimum atomic E-state index is 0.603. The van der Waals surface area contributed by atoms with Crippen molar-refractivity contribution in [2.75, 3.05) is 12.8 Å². The maximum absolute atomic E-state index is 5.91. The van der Waals surface area contributed by atoms with Crippen LogP contribution in [-0.2, 0) is 6.42 Å². The molecule has 21 heavy (non-hydrogen) atoms. The number of thiazole rings is 1. The molecular formula is C17H16N2OS. The molecule has 3 nitrogen and oxygen atoms in total. The first-order chi connectivity index (χ1) is 10.3. The fourth-order valence-corrected chi connectivity index (χ4v) is 3.17. The molecule has 0 fully saturated rings. The molecule has 0 unspecified atom stereocenters. The van der Waals surface area contributed by atoms with Crippen molar-refractivity contribution in [3.05, 3.63) is 65.0 Å².